The molecule has 0 spiro atoms. The van der Waals surface area contributed by atoms with Crippen molar-refractivity contribution < 1.29 is 33.8 Å². The lowest BCUT2D eigenvalue weighted by atomic mass is 9.89. The molecule has 1 fully saturated rings. The summed E-state index contributed by atoms with van der Waals surface area (Å²) in [6.45, 7) is 2.79. The Morgan fingerprint density at radius 2 is 1.69 bits per heavy atom. The number of carbonyl (C=O) groups excluding carboxylic acids is 2. The Labute approximate surface area is 166 Å². The number of halogens is 5. The van der Waals surface area contributed by atoms with Gasteiger partial charge in [-0.25, -0.2) is 4.79 Å². The fourth-order valence-electron chi connectivity index (χ4n) is 3.37. The third-order valence-electron chi connectivity index (χ3n) is 5.12. The molecule has 1 atom stereocenters. The summed E-state index contributed by atoms with van der Waals surface area (Å²) in [4.78, 5) is 23.6. The zero-order chi connectivity index (χ0) is 21.9. The van der Waals surface area contributed by atoms with Crippen LogP contribution in [0.2, 0.25) is 0 Å². The summed E-state index contributed by atoms with van der Waals surface area (Å²) in [5.74, 6) is -0.624. The first-order chi connectivity index (χ1) is 13.2. The number of hydrogen-bond donors (Lipinski definition) is 1. The standard InChI is InChI=1S/C18H25F5N2O3S/c1-3-13(12-24-18(27)28-2)17(26)25-10-8-15(9-11-25)14-4-6-16(7-5-14)29(19,20,21,22)23/h4-7,13,15H,3,8-12H2,1-2H3,(H,24,27). The highest BCUT2D eigenvalue weighted by atomic mass is 32.5. The van der Waals surface area contributed by atoms with Gasteiger partial charge >= 0.3 is 16.3 Å². The highest BCUT2D eigenvalue weighted by Gasteiger charge is 2.65. The van der Waals surface area contributed by atoms with E-state index in [2.05, 4.69) is 10.1 Å². The molecule has 0 aromatic heterocycles. The van der Waals surface area contributed by atoms with Crippen molar-refractivity contribution in [1.82, 2.24) is 10.2 Å². The van der Waals surface area contributed by atoms with E-state index in [4.69, 9.17) is 0 Å². The molecule has 0 radical (unpaired) electrons. The fourth-order valence-corrected chi connectivity index (χ4v) is 4.02. The van der Waals surface area contributed by atoms with E-state index < -0.39 is 27.1 Å². The SMILES string of the molecule is CCC(CNC(=O)OC)C(=O)N1CCC(c2ccc(S(F)(F)(F)(F)F)cc2)CC1. The van der Waals surface area contributed by atoms with E-state index in [0.717, 1.165) is 12.1 Å². The van der Waals surface area contributed by atoms with Crippen LogP contribution in [0.3, 0.4) is 0 Å². The van der Waals surface area contributed by atoms with Crippen LogP contribution in [-0.4, -0.2) is 43.6 Å². The van der Waals surface area contributed by atoms with E-state index in [0.29, 0.717) is 50.0 Å². The Bertz CT molecular complexity index is 747. The van der Waals surface area contributed by atoms with Crippen LogP contribution < -0.4 is 5.32 Å². The molecule has 1 aromatic rings. The fraction of sp³-hybridized carbons (Fsp3) is 0.556. The second-order valence-electron chi connectivity index (χ2n) is 7.12. The second kappa shape index (κ2) is 7.66. The van der Waals surface area contributed by atoms with E-state index in [1.807, 2.05) is 6.92 Å². The third-order valence-corrected chi connectivity index (χ3v) is 6.29. The molecule has 0 bridgehead atoms. The third kappa shape index (κ3) is 6.22. The van der Waals surface area contributed by atoms with Gasteiger partial charge in [-0.2, -0.15) is 0 Å². The summed E-state index contributed by atoms with van der Waals surface area (Å²) in [5.41, 5.74) is 0.544. The van der Waals surface area contributed by atoms with Crippen molar-refractivity contribution in [3.8, 4) is 0 Å². The minimum absolute atomic E-state index is 0.111. The van der Waals surface area contributed by atoms with Crippen LogP contribution in [0.5, 0.6) is 0 Å². The molecule has 1 unspecified atom stereocenters. The van der Waals surface area contributed by atoms with Gasteiger partial charge in [0.05, 0.1) is 13.0 Å². The zero-order valence-electron chi connectivity index (χ0n) is 16.2. The van der Waals surface area contributed by atoms with E-state index >= 15 is 0 Å². The lowest BCUT2D eigenvalue weighted by Gasteiger charge is -2.40. The maximum Gasteiger partial charge on any atom is 0.406 e. The number of alkyl carbamates (subject to hydrolysis) is 1. The van der Waals surface area contributed by atoms with E-state index in [1.54, 1.807) is 4.90 Å². The summed E-state index contributed by atoms with van der Waals surface area (Å²) >= 11 is 0. The summed E-state index contributed by atoms with van der Waals surface area (Å²) in [6, 6.07) is 3.04. The lowest BCUT2D eigenvalue weighted by molar-refractivity contribution is -0.136. The van der Waals surface area contributed by atoms with Gasteiger partial charge in [0.1, 0.15) is 4.90 Å². The Morgan fingerprint density at radius 1 is 1.14 bits per heavy atom. The van der Waals surface area contributed by atoms with Gasteiger partial charge in [0.15, 0.2) is 0 Å². The number of likely N-dealkylation sites (tertiary alicyclic amines) is 1. The van der Waals surface area contributed by atoms with E-state index in [9.17, 15) is 29.0 Å². The first-order valence-corrected chi connectivity index (χ1v) is 11.1. The Morgan fingerprint density at radius 3 is 2.14 bits per heavy atom. The van der Waals surface area contributed by atoms with Crippen LogP contribution in [0.15, 0.2) is 29.2 Å². The van der Waals surface area contributed by atoms with Crippen LogP contribution in [0.4, 0.5) is 24.2 Å². The highest BCUT2D eigenvalue weighted by molar-refractivity contribution is 8.45. The van der Waals surface area contributed by atoms with Crippen LogP contribution in [0.1, 0.15) is 37.7 Å². The van der Waals surface area contributed by atoms with Gasteiger partial charge in [0, 0.05) is 19.6 Å². The van der Waals surface area contributed by atoms with Gasteiger partial charge in [-0.05, 0) is 42.9 Å². The molecule has 5 nitrogen and oxygen atoms in total. The number of hydrogen-bond acceptors (Lipinski definition) is 3. The maximum atomic E-state index is 12.8. The smallest absolute Gasteiger partial charge is 0.406 e. The first-order valence-electron chi connectivity index (χ1n) is 9.19. The Balaban J connectivity index is 1.96. The Kier molecular flexibility index (Phi) is 6.14. The Hall–Kier alpha value is -2.04. The number of methoxy groups -OCH3 is 1. The van der Waals surface area contributed by atoms with Crippen molar-refractivity contribution in [2.75, 3.05) is 26.7 Å². The largest absolute Gasteiger partial charge is 0.453 e. The predicted molar refractivity (Wildman–Crippen MR) is 101 cm³/mol. The number of rotatable bonds is 6. The number of ether oxygens (including phenoxy) is 1. The number of nitrogens with zero attached hydrogens (tertiary/aromatic N) is 1. The number of carbonyl (C=O) groups is 2. The van der Waals surface area contributed by atoms with Crippen LogP contribution in [0, 0.1) is 5.92 Å². The van der Waals surface area contributed by atoms with Crippen molar-refractivity contribution in [1.29, 1.82) is 0 Å². The normalized spacial score (nSPS) is 19.1. The molecule has 2 rings (SSSR count). The maximum absolute atomic E-state index is 12.8. The molecular formula is C18H25F5N2O3S. The molecule has 1 heterocycles. The predicted octanol–water partition coefficient (Wildman–Crippen LogP) is 5.43. The van der Waals surface area contributed by atoms with Crippen molar-refractivity contribution in [2.45, 2.75) is 37.0 Å². The van der Waals surface area contributed by atoms with Gasteiger partial charge in [0.2, 0.25) is 5.91 Å². The summed E-state index contributed by atoms with van der Waals surface area (Å²) in [7, 11) is -8.44. The summed E-state index contributed by atoms with van der Waals surface area (Å²) < 4.78 is 68.6. The second-order valence-corrected chi connectivity index (χ2v) is 9.52. The van der Waals surface area contributed by atoms with Crippen molar-refractivity contribution in [2.24, 2.45) is 5.92 Å². The molecular weight excluding hydrogens is 419 g/mol. The van der Waals surface area contributed by atoms with Crippen molar-refractivity contribution >= 4 is 22.2 Å². The number of nitrogens with one attached hydrogen (secondary N) is 1. The minimum atomic E-state index is -9.67. The molecule has 1 aromatic carbocycles. The molecule has 166 valence electrons. The molecule has 2 amide bonds. The minimum Gasteiger partial charge on any atom is -0.453 e. The quantitative estimate of drug-likeness (QED) is 0.595. The summed E-state index contributed by atoms with van der Waals surface area (Å²) in [5, 5.41) is 2.50. The molecule has 11 heteroatoms. The van der Waals surface area contributed by atoms with Gasteiger partial charge < -0.3 is 15.0 Å². The number of amides is 2. The average Bonchev–Trinajstić information content (AvgIpc) is 2.66. The number of piperidine rings is 1. The van der Waals surface area contributed by atoms with Gasteiger partial charge in [-0.1, -0.05) is 38.5 Å². The molecule has 29 heavy (non-hydrogen) atoms. The van der Waals surface area contributed by atoms with Crippen LogP contribution >= 0.6 is 10.2 Å². The molecule has 0 aliphatic carbocycles. The summed E-state index contributed by atoms with van der Waals surface area (Å²) in [6.07, 6.45) is 0.938. The van der Waals surface area contributed by atoms with Gasteiger partial charge in [-0.15, -0.1) is 0 Å². The monoisotopic (exact) mass is 444 g/mol. The topological polar surface area (TPSA) is 58.6 Å². The van der Waals surface area contributed by atoms with Crippen molar-refractivity contribution in [3.05, 3.63) is 29.8 Å². The first kappa shape index (κ1) is 23.2. The molecule has 1 aliphatic heterocycles. The van der Waals surface area contributed by atoms with Gasteiger partial charge in [0.25, 0.3) is 0 Å². The van der Waals surface area contributed by atoms with Gasteiger partial charge in [-0.3, -0.25) is 4.79 Å². The van der Waals surface area contributed by atoms with Crippen LogP contribution in [0.25, 0.3) is 0 Å². The highest BCUT2D eigenvalue weighted by Crippen LogP contribution is 3.02. The lowest BCUT2D eigenvalue weighted by Crippen LogP contribution is -2.44. The molecule has 1 saturated heterocycles. The van der Waals surface area contributed by atoms with E-state index in [1.165, 1.54) is 7.11 Å². The molecule has 0 saturated carbocycles. The molecule has 1 aliphatic rings. The van der Waals surface area contributed by atoms with Crippen LogP contribution in [-0.2, 0) is 9.53 Å². The van der Waals surface area contributed by atoms with Crippen molar-refractivity contribution in [3.63, 3.8) is 0 Å². The van der Waals surface area contributed by atoms with E-state index in [-0.39, 0.29) is 18.4 Å². The zero-order valence-corrected chi connectivity index (χ0v) is 17.0. The number of benzene rings is 1. The average molecular weight is 444 g/mol. The molecule has 1 N–H and O–H groups in total.